The highest BCUT2D eigenvalue weighted by Gasteiger charge is 2.34. The molecule has 0 aromatic carbocycles. The Hall–Kier alpha value is -0.420. The second kappa shape index (κ2) is 5.61. The number of ether oxygens (including phenoxy) is 1. The molecule has 1 fully saturated rings. The summed E-state index contributed by atoms with van der Waals surface area (Å²) >= 11 is 0. The summed E-state index contributed by atoms with van der Waals surface area (Å²) in [6.07, 6.45) is 2.79. The van der Waals surface area contributed by atoms with Crippen LogP contribution in [0.3, 0.4) is 0 Å². The summed E-state index contributed by atoms with van der Waals surface area (Å²) in [7, 11) is 0. The topological polar surface area (TPSA) is 50.5 Å². The van der Waals surface area contributed by atoms with Gasteiger partial charge in [-0.05, 0) is 20.3 Å². The average Bonchev–Trinajstić information content (AvgIpc) is 2.27. The average molecular weight is 213 g/mol. The maximum atomic E-state index is 5.60. The van der Waals surface area contributed by atoms with Gasteiger partial charge in [0.2, 0.25) is 0 Å². The molecule has 1 aliphatic heterocycles. The molecule has 0 bridgehead atoms. The number of nitrogens with two attached hydrogens (primary N) is 1. The van der Waals surface area contributed by atoms with Crippen molar-refractivity contribution in [2.45, 2.75) is 31.8 Å². The summed E-state index contributed by atoms with van der Waals surface area (Å²) in [6, 6.07) is 0.230. The number of hydrazine groups is 1. The molecule has 0 aromatic rings. The molecule has 15 heavy (non-hydrogen) atoms. The van der Waals surface area contributed by atoms with Crippen molar-refractivity contribution in [2.75, 3.05) is 26.3 Å². The van der Waals surface area contributed by atoms with Crippen molar-refractivity contribution in [1.29, 1.82) is 0 Å². The van der Waals surface area contributed by atoms with Crippen molar-refractivity contribution in [1.82, 2.24) is 10.3 Å². The van der Waals surface area contributed by atoms with Gasteiger partial charge in [0.25, 0.3) is 0 Å². The molecule has 1 heterocycles. The fourth-order valence-electron chi connectivity index (χ4n) is 2.09. The van der Waals surface area contributed by atoms with E-state index in [2.05, 4.69) is 30.8 Å². The third-order valence-electron chi connectivity index (χ3n) is 3.28. The maximum absolute atomic E-state index is 5.60. The van der Waals surface area contributed by atoms with E-state index in [-0.39, 0.29) is 11.6 Å². The Morgan fingerprint density at radius 1 is 1.53 bits per heavy atom. The van der Waals surface area contributed by atoms with E-state index in [1.165, 1.54) is 0 Å². The van der Waals surface area contributed by atoms with Crippen molar-refractivity contribution in [3.8, 4) is 0 Å². The van der Waals surface area contributed by atoms with Gasteiger partial charge < -0.3 is 4.74 Å². The van der Waals surface area contributed by atoms with Gasteiger partial charge in [-0.3, -0.25) is 16.2 Å². The van der Waals surface area contributed by atoms with Crippen LogP contribution in [0.4, 0.5) is 0 Å². The van der Waals surface area contributed by atoms with Gasteiger partial charge >= 0.3 is 0 Å². The van der Waals surface area contributed by atoms with Crippen LogP contribution in [0.25, 0.3) is 0 Å². The maximum Gasteiger partial charge on any atom is 0.0594 e. The Bertz CT molecular complexity index is 200. The fourth-order valence-corrected chi connectivity index (χ4v) is 2.09. The molecule has 4 heteroatoms. The predicted octanol–water partition coefficient (Wildman–Crippen LogP) is 0.505. The fraction of sp³-hybridized carbons (Fsp3) is 0.818. The Balaban J connectivity index is 2.63. The lowest BCUT2D eigenvalue weighted by Crippen LogP contribution is -2.61. The summed E-state index contributed by atoms with van der Waals surface area (Å²) < 4.78 is 5.35. The largest absolute Gasteiger partial charge is 0.379 e. The standard InChI is InChI=1S/C11H23N3O/c1-4-5-10(13-12)11(2,3)14-6-8-15-9-7-14/h4,10,13H,1,5-9,12H2,2-3H3. The zero-order chi connectivity index (χ0) is 11.3. The molecule has 1 unspecified atom stereocenters. The van der Waals surface area contributed by atoms with Gasteiger partial charge in [0.05, 0.1) is 13.2 Å². The lowest BCUT2D eigenvalue weighted by molar-refractivity contribution is -0.0229. The first-order valence-corrected chi connectivity index (χ1v) is 5.52. The quantitative estimate of drug-likeness (QED) is 0.397. The molecule has 1 aliphatic rings. The van der Waals surface area contributed by atoms with E-state index >= 15 is 0 Å². The Labute approximate surface area is 92.4 Å². The first-order valence-electron chi connectivity index (χ1n) is 5.52. The Morgan fingerprint density at radius 2 is 2.13 bits per heavy atom. The number of nitrogens with zero attached hydrogens (tertiary/aromatic N) is 1. The second-order valence-electron chi connectivity index (χ2n) is 4.50. The van der Waals surface area contributed by atoms with Crippen molar-refractivity contribution < 1.29 is 4.74 Å². The summed E-state index contributed by atoms with van der Waals surface area (Å²) in [6.45, 7) is 11.8. The molecule has 1 saturated heterocycles. The van der Waals surface area contributed by atoms with Gasteiger partial charge in [-0.1, -0.05) is 6.08 Å². The van der Waals surface area contributed by atoms with Crippen LogP contribution in [-0.2, 0) is 4.74 Å². The number of hydrogen-bond acceptors (Lipinski definition) is 4. The van der Waals surface area contributed by atoms with Crippen LogP contribution >= 0.6 is 0 Å². The van der Waals surface area contributed by atoms with E-state index in [1.807, 2.05) is 6.08 Å². The summed E-state index contributed by atoms with van der Waals surface area (Å²) in [5.74, 6) is 5.60. The molecular formula is C11H23N3O. The van der Waals surface area contributed by atoms with E-state index in [0.717, 1.165) is 32.7 Å². The zero-order valence-electron chi connectivity index (χ0n) is 9.83. The van der Waals surface area contributed by atoms with Crippen molar-refractivity contribution in [3.63, 3.8) is 0 Å². The van der Waals surface area contributed by atoms with Crippen LogP contribution in [0, 0.1) is 0 Å². The predicted molar refractivity (Wildman–Crippen MR) is 62.4 cm³/mol. The molecule has 88 valence electrons. The van der Waals surface area contributed by atoms with Crippen LogP contribution in [0.2, 0.25) is 0 Å². The van der Waals surface area contributed by atoms with Gasteiger partial charge in [-0.2, -0.15) is 0 Å². The Morgan fingerprint density at radius 3 is 2.60 bits per heavy atom. The number of nitrogens with one attached hydrogen (secondary N) is 1. The lowest BCUT2D eigenvalue weighted by Gasteiger charge is -2.45. The van der Waals surface area contributed by atoms with E-state index in [0.29, 0.717) is 0 Å². The van der Waals surface area contributed by atoms with Gasteiger partial charge in [-0.15, -0.1) is 6.58 Å². The number of morpholine rings is 1. The minimum absolute atomic E-state index is 0.0344. The smallest absolute Gasteiger partial charge is 0.0594 e. The van der Waals surface area contributed by atoms with Crippen molar-refractivity contribution >= 4 is 0 Å². The van der Waals surface area contributed by atoms with Crippen molar-refractivity contribution in [3.05, 3.63) is 12.7 Å². The minimum atomic E-state index is 0.0344. The van der Waals surface area contributed by atoms with Gasteiger partial charge in [-0.25, -0.2) is 0 Å². The molecule has 1 rings (SSSR count). The third-order valence-corrected chi connectivity index (χ3v) is 3.28. The summed E-state index contributed by atoms with van der Waals surface area (Å²) in [4.78, 5) is 2.42. The van der Waals surface area contributed by atoms with Gasteiger partial charge in [0.15, 0.2) is 0 Å². The van der Waals surface area contributed by atoms with Crippen LogP contribution in [-0.4, -0.2) is 42.8 Å². The molecule has 3 N–H and O–H groups in total. The Kier molecular flexibility index (Phi) is 4.73. The van der Waals surface area contributed by atoms with Crippen LogP contribution in [0.1, 0.15) is 20.3 Å². The van der Waals surface area contributed by atoms with Gasteiger partial charge in [0.1, 0.15) is 0 Å². The number of rotatable bonds is 5. The molecule has 0 radical (unpaired) electrons. The minimum Gasteiger partial charge on any atom is -0.379 e. The van der Waals surface area contributed by atoms with Crippen molar-refractivity contribution in [2.24, 2.45) is 5.84 Å². The molecule has 0 spiro atoms. The molecule has 0 aliphatic carbocycles. The van der Waals surface area contributed by atoms with Gasteiger partial charge in [0, 0.05) is 24.7 Å². The van der Waals surface area contributed by atoms with E-state index in [1.54, 1.807) is 0 Å². The molecule has 0 saturated carbocycles. The van der Waals surface area contributed by atoms with Crippen LogP contribution < -0.4 is 11.3 Å². The second-order valence-corrected chi connectivity index (χ2v) is 4.50. The first kappa shape index (κ1) is 12.6. The zero-order valence-corrected chi connectivity index (χ0v) is 9.83. The van der Waals surface area contributed by atoms with E-state index in [4.69, 9.17) is 10.6 Å². The van der Waals surface area contributed by atoms with Crippen LogP contribution in [0.5, 0.6) is 0 Å². The highest BCUT2D eigenvalue weighted by atomic mass is 16.5. The van der Waals surface area contributed by atoms with E-state index in [9.17, 15) is 0 Å². The van der Waals surface area contributed by atoms with Crippen LogP contribution in [0.15, 0.2) is 12.7 Å². The first-order chi connectivity index (χ1) is 7.12. The SMILES string of the molecule is C=CCC(NN)C(C)(C)N1CCOCC1. The normalized spacial score (nSPS) is 21.3. The summed E-state index contributed by atoms with van der Waals surface area (Å²) in [5.41, 5.74) is 2.92. The molecular weight excluding hydrogens is 190 g/mol. The van der Waals surface area contributed by atoms with E-state index < -0.39 is 0 Å². The third kappa shape index (κ3) is 3.01. The molecule has 0 aromatic heterocycles. The highest BCUT2D eigenvalue weighted by Crippen LogP contribution is 2.22. The lowest BCUT2D eigenvalue weighted by atomic mass is 9.90. The molecule has 1 atom stereocenters. The monoisotopic (exact) mass is 213 g/mol. The molecule has 0 amide bonds. The summed E-state index contributed by atoms with van der Waals surface area (Å²) in [5, 5.41) is 0. The number of hydrogen-bond donors (Lipinski definition) is 2. The highest BCUT2D eigenvalue weighted by molar-refractivity contribution is 4.96. The molecule has 4 nitrogen and oxygen atoms in total.